The van der Waals surface area contributed by atoms with Crippen molar-refractivity contribution in [1.29, 1.82) is 0 Å². The molecule has 0 unspecified atom stereocenters. The van der Waals surface area contributed by atoms with E-state index in [1.807, 2.05) is 26.0 Å². The van der Waals surface area contributed by atoms with Crippen molar-refractivity contribution in [3.63, 3.8) is 0 Å². The molecule has 1 heterocycles. The topological polar surface area (TPSA) is 87.7 Å². The minimum absolute atomic E-state index is 0.00840. The zero-order chi connectivity index (χ0) is 23.5. The highest BCUT2D eigenvalue weighted by atomic mass is 16.5. The summed E-state index contributed by atoms with van der Waals surface area (Å²) in [6, 6.07) is 4.01. The van der Waals surface area contributed by atoms with E-state index < -0.39 is 0 Å². The number of guanidine groups is 1. The molecule has 1 aliphatic rings. The van der Waals surface area contributed by atoms with Crippen LogP contribution < -0.4 is 24.8 Å². The number of hydrogen-bond donors (Lipinski definition) is 2. The number of nitrogens with one attached hydrogen (secondary N) is 2. The zero-order valence-electron chi connectivity index (χ0n) is 20.4. The minimum atomic E-state index is -0.00840. The van der Waals surface area contributed by atoms with E-state index in [4.69, 9.17) is 19.2 Å². The van der Waals surface area contributed by atoms with Gasteiger partial charge in [-0.2, -0.15) is 0 Å². The molecule has 0 aromatic heterocycles. The molecule has 32 heavy (non-hydrogen) atoms. The summed E-state index contributed by atoms with van der Waals surface area (Å²) < 4.78 is 16.4. The Labute approximate surface area is 192 Å². The molecule has 1 amide bonds. The van der Waals surface area contributed by atoms with Crippen LogP contribution in [0.3, 0.4) is 0 Å². The number of nitrogens with zero attached hydrogens (tertiary/aromatic N) is 3. The lowest BCUT2D eigenvalue weighted by Gasteiger charge is -2.36. The van der Waals surface area contributed by atoms with Gasteiger partial charge in [-0.25, -0.2) is 0 Å². The third-order valence-electron chi connectivity index (χ3n) is 5.33. The SMILES string of the molecule is CCNC(=NCCNC(=O)C(C)C)N1CCN(Cc2cc(OC)c(OC)c(OC)c2)CC1. The maximum absolute atomic E-state index is 11.7. The second-order valence-corrected chi connectivity index (χ2v) is 7.98. The summed E-state index contributed by atoms with van der Waals surface area (Å²) in [6.07, 6.45) is 0. The van der Waals surface area contributed by atoms with Crippen LogP contribution in [0.15, 0.2) is 17.1 Å². The van der Waals surface area contributed by atoms with Crippen molar-refractivity contribution in [3.8, 4) is 17.2 Å². The Kier molecular flexibility index (Phi) is 10.4. The molecular formula is C23H39N5O4. The van der Waals surface area contributed by atoms with Crippen molar-refractivity contribution in [3.05, 3.63) is 17.7 Å². The van der Waals surface area contributed by atoms with Gasteiger partial charge in [-0.05, 0) is 24.6 Å². The summed E-state index contributed by atoms with van der Waals surface area (Å²) in [5.41, 5.74) is 1.12. The van der Waals surface area contributed by atoms with E-state index in [1.165, 1.54) is 0 Å². The van der Waals surface area contributed by atoms with Gasteiger partial charge in [0.1, 0.15) is 0 Å². The van der Waals surface area contributed by atoms with Gasteiger partial charge in [-0.15, -0.1) is 0 Å². The number of carbonyl (C=O) groups excluding carboxylic acids is 1. The van der Waals surface area contributed by atoms with Crippen LogP contribution in [0.4, 0.5) is 0 Å². The van der Waals surface area contributed by atoms with E-state index in [2.05, 4.69) is 27.4 Å². The highest BCUT2D eigenvalue weighted by Gasteiger charge is 2.21. The average Bonchev–Trinajstić information content (AvgIpc) is 2.80. The Morgan fingerprint density at radius 3 is 2.16 bits per heavy atom. The number of piperazine rings is 1. The lowest BCUT2D eigenvalue weighted by atomic mass is 10.1. The number of rotatable bonds is 10. The van der Waals surface area contributed by atoms with E-state index in [0.29, 0.717) is 30.3 Å². The molecule has 0 bridgehead atoms. The molecule has 9 nitrogen and oxygen atoms in total. The number of carbonyl (C=O) groups is 1. The Hall–Kier alpha value is -2.68. The maximum atomic E-state index is 11.7. The minimum Gasteiger partial charge on any atom is -0.493 e. The Morgan fingerprint density at radius 2 is 1.66 bits per heavy atom. The molecule has 1 fully saturated rings. The summed E-state index contributed by atoms with van der Waals surface area (Å²) in [4.78, 5) is 21.1. The van der Waals surface area contributed by atoms with Gasteiger partial charge >= 0.3 is 0 Å². The zero-order valence-corrected chi connectivity index (χ0v) is 20.4. The Balaban J connectivity index is 1.93. The van der Waals surface area contributed by atoms with Crippen molar-refractivity contribution in [2.45, 2.75) is 27.3 Å². The van der Waals surface area contributed by atoms with Gasteiger partial charge in [0, 0.05) is 51.7 Å². The third kappa shape index (κ3) is 7.19. The number of ether oxygens (including phenoxy) is 3. The van der Waals surface area contributed by atoms with Crippen molar-refractivity contribution >= 4 is 11.9 Å². The number of amides is 1. The number of hydrogen-bond acceptors (Lipinski definition) is 6. The molecule has 1 aliphatic heterocycles. The molecule has 0 spiro atoms. The molecule has 180 valence electrons. The lowest BCUT2D eigenvalue weighted by molar-refractivity contribution is -0.123. The van der Waals surface area contributed by atoms with Gasteiger partial charge in [0.15, 0.2) is 17.5 Å². The maximum Gasteiger partial charge on any atom is 0.222 e. The predicted octanol–water partition coefficient (Wildman–Crippen LogP) is 1.57. The van der Waals surface area contributed by atoms with Crippen LogP contribution >= 0.6 is 0 Å². The summed E-state index contributed by atoms with van der Waals surface area (Å²) in [6.45, 7) is 12.2. The molecule has 2 rings (SSSR count). The summed E-state index contributed by atoms with van der Waals surface area (Å²) in [5, 5.41) is 6.28. The van der Waals surface area contributed by atoms with E-state index in [-0.39, 0.29) is 11.8 Å². The van der Waals surface area contributed by atoms with Gasteiger partial charge < -0.3 is 29.7 Å². The second-order valence-electron chi connectivity index (χ2n) is 7.98. The molecule has 0 aliphatic carbocycles. The van der Waals surface area contributed by atoms with Gasteiger partial charge in [-0.1, -0.05) is 13.8 Å². The van der Waals surface area contributed by atoms with Crippen LogP contribution in [-0.4, -0.2) is 88.8 Å². The van der Waals surface area contributed by atoms with Crippen LogP contribution in [0, 0.1) is 5.92 Å². The van der Waals surface area contributed by atoms with Gasteiger partial charge in [0.05, 0.1) is 27.9 Å². The van der Waals surface area contributed by atoms with Crippen molar-refractivity contribution in [2.24, 2.45) is 10.9 Å². The number of methoxy groups -OCH3 is 3. The van der Waals surface area contributed by atoms with Crippen LogP contribution in [0.1, 0.15) is 26.3 Å². The van der Waals surface area contributed by atoms with Crippen LogP contribution in [0.2, 0.25) is 0 Å². The first-order valence-corrected chi connectivity index (χ1v) is 11.3. The monoisotopic (exact) mass is 449 g/mol. The number of aliphatic imine (C=N–C) groups is 1. The fraction of sp³-hybridized carbons (Fsp3) is 0.652. The standard InChI is InChI=1S/C23H39N5O4/c1-7-24-23(26-9-8-25-22(29)17(2)3)28-12-10-27(11-13-28)16-18-14-19(30-4)21(32-6)20(15-18)31-5/h14-15,17H,7-13,16H2,1-6H3,(H,24,26)(H,25,29). The largest absolute Gasteiger partial charge is 0.493 e. The van der Waals surface area contributed by atoms with E-state index in [0.717, 1.165) is 50.8 Å². The molecular weight excluding hydrogens is 410 g/mol. The first-order chi connectivity index (χ1) is 15.4. The normalized spacial score (nSPS) is 15.0. The molecule has 0 atom stereocenters. The van der Waals surface area contributed by atoms with Gasteiger partial charge in [0.2, 0.25) is 11.7 Å². The van der Waals surface area contributed by atoms with Crippen molar-refractivity contribution in [2.75, 3.05) is 67.1 Å². The van der Waals surface area contributed by atoms with E-state index >= 15 is 0 Å². The number of benzene rings is 1. The molecule has 1 aromatic carbocycles. The van der Waals surface area contributed by atoms with Crippen molar-refractivity contribution < 1.29 is 19.0 Å². The quantitative estimate of drug-likeness (QED) is 0.318. The van der Waals surface area contributed by atoms with Crippen LogP contribution in [-0.2, 0) is 11.3 Å². The summed E-state index contributed by atoms with van der Waals surface area (Å²) >= 11 is 0. The second kappa shape index (κ2) is 13.0. The highest BCUT2D eigenvalue weighted by molar-refractivity contribution is 5.80. The molecule has 0 radical (unpaired) electrons. The van der Waals surface area contributed by atoms with Crippen LogP contribution in [0.25, 0.3) is 0 Å². The molecule has 2 N–H and O–H groups in total. The molecule has 0 saturated carbocycles. The predicted molar refractivity (Wildman–Crippen MR) is 127 cm³/mol. The fourth-order valence-electron chi connectivity index (χ4n) is 3.57. The molecule has 1 saturated heterocycles. The summed E-state index contributed by atoms with van der Waals surface area (Å²) in [7, 11) is 4.88. The van der Waals surface area contributed by atoms with Gasteiger partial charge in [-0.3, -0.25) is 14.7 Å². The molecule has 1 aromatic rings. The van der Waals surface area contributed by atoms with E-state index in [1.54, 1.807) is 21.3 Å². The highest BCUT2D eigenvalue weighted by Crippen LogP contribution is 2.38. The Morgan fingerprint density at radius 1 is 1.03 bits per heavy atom. The van der Waals surface area contributed by atoms with Crippen LogP contribution in [0.5, 0.6) is 17.2 Å². The summed E-state index contributed by atoms with van der Waals surface area (Å²) in [5.74, 6) is 2.91. The average molecular weight is 450 g/mol. The third-order valence-corrected chi connectivity index (χ3v) is 5.33. The van der Waals surface area contributed by atoms with E-state index in [9.17, 15) is 4.79 Å². The first-order valence-electron chi connectivity index (χ1n) is 11.3. The lowest BCUT2D eigenvalue weighted by Crippen LogP contribution is -2.52. The first kappa shape index (κ1) is 25.6. The smallest absolute Gasteiger partial charge is 0.222 e. The van der Waals surface area contributed by atoms with Crippen molar-refractivity contribution in [1.82, 2.24) is 20.4 Å². The Bertz CT molecular complexity index is 736. The molecule has 9 heteroatoms. The fourth-order valence-corrected chi connectivity index (χ4v) is 3.57. The van der Waals surface area contributed by atoms with Gasteiger partial charge in [0.25, 0.3) is 0 Å².